The molecule has 0 saturated heterocycles. The second-order valence-electron chi connectivity index (χ2n) is 5.10. The Morgan fingerprint density at radius 1 is 0.818 bits per heavy atom. The van der Waals surface area contributed by atoms with Crippen molar-refractivity contribution >= 4 is 39.1 Å². The number of fused-ring (bicyclic) bond motifs is 3. The van der Waals surface area contributed by atoms with E-state index in [1.165, 1.54) is 0 Å². The largest absolute Gasteiger partial charge is 0.507 e. The monoisotopic (exact) mass is 290 g/mol. The molecule has 4 heteroatoms. The van der Waals surface area contributed by atoms with Gasteiger partial charge < -0.3 is 9.52 Å². The molecule has 1 heterocycles. The minimum atomic E-state index is -0.724. The number of rotatable bonds is 1. The summed E-state index contributed by atoms with van der Waals surface area (Å²) in [6.07, 6.45) is 2.10. The van der Waals surface area contributed by atoms with Crippen LogP contribution in [0.2, 0.25) is 0 Å². The van der Waals surface area contributed by atoms with E-state index in [0.29, 0.717) is 16.7 Å². The molecule has 0 spiro atoms. The Morgan fingerprint density at radius 2 is 1.55 bits per heavy atom. The molecule has 4 nitrogen and oxygen atoms in total. The summed E-state index contributed by atoms with van der Waals surface area (Å²) < 4.78 is 5.87. The number of allylic oxidation sites excluding steroid dienone is 3. The lowest BCUT2D eigenvalue weighted by Crippen LogP contribution is -2.14. The first-order valence-electron chi connectivity index (χ1n) is 6.77. The van der Waals surface area contributed by atoms with Gasteiger partial charge in [0.05, 0.1) is 0 Å². The summed E-state index contributed by atoms with van der Waals surface area (Å²) in [5.74, 6) is -1.60. The highest BCUT2D eigenvalue weighted by Crippen LogP contribution is 2.36. The number of ketones is 2. The first-order valence-corrected chi connectivity index (χ1v) is 6.77. The van der Waals surface area contributed by atoms with Gasteiger partial charge in [0.15, 0.2) is 0 Å². The van der Waals surface area contributed by atoms with Gasteiger partial charge in [0.1, 0.15) is 16.9 Å². The smallest absolute Gasteiger partial charge is 0.229 e. The number of para-hydroxylation sites is 2. The van der Waals surface area contributed by atoms with Crippen LogP contribution in [0.4, 0.5) is 0 Å². The molecular weight excluding hydrogens is 280 g/mol. The van der Waals surface area contributed by atoms with Crippen molar-refractivity contribution < 1.29 is 19.1 Å². The van der Waals surface area contributed by atoms with Gasteiger partial charge in [-0.25, -0.2) is 0 Å². The molecule has 0 amide bonds. The highest BCUT2D eigenvalue weighted by Gasteiger charge is 2.23. The normalized spacial score (nSPS) is 15.3. The molecule has 0 fully saturated rings. The van der Waals surface area contributed by atoms with Crippen LogP contribution in [-0.4, -0.2) is 16.7 Å². The summed E-state index contributed by atoms with van der Waals surface area (Å²) in [5, 5.41) is 11.9. The lowest BCUT2D eigenvalue weighted by molar-refractivity contribution is -0.131. The van der Waals surface area contributed by atoms with Crippen LogP contribution in [0, 0.1) is 0 Å². The number of carbonyl (C=O) groups is 2. The Bertz CT molecular complexity index is 1020. The van der Waals surface area contributed by atoms with Crippen molar-refractivity contribution in [2.45, 2.75) is 0 Å². The molecule has 3 aromatic rings. The van der Waals surface area contributed by atoms with Crippen molar-refractivity contribution in [3.05, 3.63) is 65.9 Å². The predicted octanol–water partition coefficient (Wildman–Crippen LogP) is 3.56. The summed E-state index contributed by atoms with van der Waals surface area (Å²) in [6.45, 7) is 0. The molecule has 0 aliphatic heterocycles. The number of aliphatic hydroxyl groups is 1. The molecule has 1 aromatic heterocycles. The van der Waals surface area contributed by atoms with Crippen LogP contribution < -0.4 is 0 Å². The van der Waals surface area contributed by atoms with Crippen molar-refractivity contribution in [3.63, 3.8) is 0 Å². The van der Waals surface area contributed by atoms with Gasteiger partial charge in [-0.1, -0.05) is 36.4 Å². The SMILES string of the molecule is O=C1C=C(O)C(c2cccc3c2oc2ccccc23)=CC1=O. The molecule has 0 bridgehead atoms. The standard InChI is InChI=1S/C18H10O4/c19-14-9-16(21)15(20)8-13(14)12-6-3-5-11-10-4-1-2-7-17(10)22-18(11)12/h1-9,19H. The van der Waals surface area contributed by atoms with Gasteiger partial charge in [-0.3, -0.25) is 9.59 Å². The van der Waals surface area contributed by atoms with Crippen molar-refractivity contribution in [2.24, 2.45) is 0 Å². The van der Waals surface area contributed by atoms with E-state index in [1.54, 1.807) is 6.07 Å². The summed E-state index contributed by atoms with van der Waals surface area (Å²) in [5.41, 5.74) is 2.20. The van der Waals surface area contributed by atoms with Crippen molar-refractivity contribution in [3.8, 4) is 0 Å². The van der Waals surface area contributed by atoms with Gasteiger partial charge in [0.25, 0.3) is 0 Å². The van der Waals surface area contributed by atoms with Crippen molar-refractivity contribution in [2.75, 3.05) is 0 Å². The number of carbonyl (C=O) groups excluding carboxylic acids is 2. The summed E-state index contributed by atoms with van der Waals surface area (Å²) in [7, 11) is 0. The van der Waals surface area contributed by atoms with Gasteiger partial charge >= 0.3 is 0 Å². The second kappa shape index (κ2) is 4.43. The molecule has 22 heavy (non-hydrogen) atoms. The maximum Gasteiger partial charge on any atom is 0.229 e. The molecule has 0 saturated carbocycles. The van der Waals surface area contributed by atoms with Crippen molar-refractivity contribution in [1.29, 1.82) is 0 Å². The summed E-state index contributed by atoms with van der Waals surface area (Å²) in [4.78, 5) is 23.0. The zero-order valence-electron chi connectivity index (χ0n) is 11.4. The van der Waals surface area contributed by atoms with Gasteiger partial charge in [0, 0.05) is 34.1 Å². The summed E-state index contributed by atoms with van der Waals surface area (Å²) >= 11 is 0. The third kappa shape index (κ3) is 1.71. The van der Waals surface area contributed by atoms with Gasteiger partial charge in [-0.05, 0) is 6.07 Å². The maximum atomic E-state index is 11.6. The van der Waals surface area contributed by atoms with Crippen LogP contribution in [0.15, 0.2) is 64.8 Å². The third-order valence-corrected chi connectivity index (χ3v) is 3.76. The molecule has 4 rings (SSSR count). The average molecular weight is 290 g/mol. The van der Waals surface area contributed by atoms with E-state index in [2.05, 4.69) is 0 Å². The average Bonchev–Trinajstić information content (AvgIpc) is 2.90. The zero-order valence-corrected chi connectivity index (χ0v) is 11.4. The van der Waals surface area contributed by atoms with E-state index in [9.17, 15) is 14.7 Å². The molecule has 0 atom stereocenters. The fourth-order valence-electron chi connectivity index (χ4n) is 2.72. The zero-order chi connectivity index (χ0) is 15.3. The first-order chi connectivity index (χ1) is 10.6. The number of hydrogen-bond donors (Lipinski definition) is 1. The van der Waals surface area contributed by atoms with E-state index in [1.807, 2.05) is 36.4 Å². The van der Waals surface area contributed by atoms with Crippen LogP contribution in [-0.2, 0) is 9.59 Å². The van der Waals surface area contributed by atoms with E-state index < -0.39 is 11.6 Å². The number of benzene rings is 2. The number of aliphatic hydroxyl groups excluding tert-OH is 1. The number of furan rings is 1. The fraction of sp³-hybridized carbons (Fsp3) is 0. The van der Waals surface area contributed by atoms with Crippen LogP contribution in [0.1, 0.15) is 5.56 Å². The molecule has 106 valence electrons. The van der Waals surface area contributed by atoms with Gasteiger partial charge in [0.2, 0.25) is 11.6 Å². The number of hydrogen-bond acceptors (Lipinski definition) is 4. The molecule has 1 aliphatic rings. The topological polar surface area (TPSA) is 67.5 Å². The summed E-state index contributed by atoms with van der Waals surface area (Å²) in [6, 6.07) is 13.1. The van der Waals surface area contributed by atoms with E-state index in [0.717, 1.165) is 28.5 Å². The van der Waals surface area contributed by atoms with Crippen molar-refractivity contribution in [1.82, 2.24) is 0 Å². The highest BCUT2D eigenvalue weighted by atomic mass is 16.3. The van der Waals surface area contributed by atoms with Crippen LogP contribution in [0.25, 0.3) is 27.5 Å². The Kier molecular flexibility index (Phi) is 2.53. The maximum absolute atomic E-state index is 11.6. The second-order valence-corrected chi connectivity index (χ2v) is 5.10. The minimum absolute atomic E-state index is 0.224. The molecular formula is C18H10O4. The Morgan fingerprint density at radius 3 is 2.41 bits per heavy atom. The van der Waals surface area contributed by atoms with Crippen LogP contribution >= 0.6 is 0 Å². The molecule has 1 N–H and O–H groups in total. The first kappa shape index (κ1) is 12.6. The quantitative estimate of drug-likeness (QED) is 0.549. The van der Waals surface area contributed by atoms with E-state index in [-0.39, 0.29) is 5.76 Å². The molecule has 1 aliphatic carbocycles. The fourth-order valence-corrected chi connectivity index (χ4v) is 2.72. The minimum Gasteiger partial charge on any atom is -0.507 e. The molecule has 0 unspecified atom stereocenters. The lowest BCUT2D eigenvalue weighted by atomic mass is 9.95. The third-order valence-electron chi connectivity index (χ3n) is 3.76. The lowest BCUT2D eigenvalue weighted by Gasteiger charge is -2.10. The van der Waals surface area contributed by atoms with E-state index in [4.69, 9.17) is 4.42 Å². The van der Waals surface area contributed by atoms with Gasteiger partial charge in [-0.2, -0.15) is 0 Å². The van der Waals surface area contributed by atoms with Crippen LogP contribution in [0.3, 0.4) is 0 Å². The Hall–Kier alpha value is -3.14. The molecule has 2 aromatic carbocycles. The molecule has 0 radical (unpaired) electrons. The Labute approximate surface area is 125 Å². The Balaban J connectivity index is 2.04. The van der Waals surface area contributed by atoms with Gasteiger partial charge in [-0.15, -0.1) is 0 Å². The highest BCUT2D eigenvalue weighted by molar-refractivity contribution is 6.48. The van der Waals surface area contributed by atoms with E-state index >= 15 is 0 Å². The van der Waals surface area contributed by atoms with Crippen LogP contribution in [0.5, 0.6) is 0 Å². The predicted molar refractivity (Wildman–Crippen MR) is 82.4 cm³/mol.